The molecule has 0 atom stereocenters. The first-order chi connectivity index (χ1) is 11.7. The molecule has 0 fully saturated rings. The van der Waals surface area contributed by atoms with Crippen molar-refractivity contribution < 1.29 is 0 Å². The van der Waals surface area contributed by atoms with Gasteiger partial charge in [0.25, 0.3) is 5.56 Å². The van der Waals surface area contributed by atoms with E-state index in [-0.39, 0.29) is 5.56 Å². The second-order valence-electron chi connectivity index (χ2n) is 5.43. The molecule has 7 nitrogen and oxygen atoms in total. The van der Waals surface area contributed by atoms with E-state index in [1.807, 2.05) is 24.4 Å². The Balaban J connectivity index is 1.54. The first-order valence-corrected chi connectivity index (χ1v) is 8.35. The van der Waals surface area contributed by atoms with Crippen molar-refractivity contribution >= 4 is 21.6 Å². The highest BCUT2D eigenvalue weighted by Crippen LogP contribution is 2.19. The van der Waals surface area contributed by atoms with E-state index in [9.17, 15) is 4.79 Å². The van der Waals surface area contributed by atoms with Gasteiger partial charge in [-0.05, 0) is 30.0 Å². The van der Waals surface area contributed by atoms with Crippen LogP contribution in [-0.4, -0.2) is 29.7 Å². The molecular formula is C16H14N6OS. The molecule has 0 radical (unpaired) electrons. The van der Waals surface area contributed by atoms with Gasteiger partial charge in [-0.1, -0.05) is 0 Å². The maximum atomic E-state index is 12.5. The van der Waals surface area contributed by atoms with Gasteiger partial charge >= 0.3 is 0 Å². The van der Waals surface area contributed by atoms with Crippen molar-refractivity contribution in [1.29, 1.82) is 0 Å². The summed E-state index contributed by atoms with van der Waals surface area (Å²) in [5.74, 6) is 1.36. The first-order valence-electron chi connectivity index (χ1n) is 7.47. The highest BCUT2D eigenvalue weighted by atomic mass is 32.1. The van der Waals surface area contributed by atoms with Crippen molar-refractivity contribution in [1.82, 2.24) is 29.7 Å². The Kier molecular flexibility index (Phi) is 3.66. The summed E-state index contributed by atoms with van der Waals surface area (Å²) in [6, 6.07) is 3.71. The van der Waals surface area contributed by atoms with Crippen molar-refractivity contribution in [2.24, 2.45) is 0 Å². The summed E-state index contributed by atoms with van der Waals surface area (Å²) in [5, 5.41) is 9.09. The Hall–Kier alpha value is -2.87. The molecule has 4 aromatic rings. The molecule has 0 aliphatic heterocycles. The van der Waals surface area contributed by atoms with Gasteiger partial charge in [-0.15, -0.1) is 11.3 Å². The second-order valence-corrected chi connectivity index (χ2v) is 6.31. The van der Waals surface area contributed by atoms with Crippen molar-refractivity contribution in [3.63, 3.8) is 0 Å². The van der Waals surface area contributed by atoms with Crippen molar-refractivity contribution in [2.45, 2.75) is 19.9 Å². The minimum Gasteiger partial charge on any atom is -0.298 e. The third-order valence-corrected chi connectivity index (χ3v) is 4.86. The van der Waals surface area contributed by atoms with Gasteiger partial charge in [-0.3, -0.25) is 19.4 Å². The maximum Gasteiger partial charge on any atom is 0.271 e. The number of nitrogens with zero attached hydrogens (tertiary/aromatic N) is 5. The number of aromatic nitrogens is 6. The molecule has 0 unspecified atom stereocenters. The second kappa shape index (κ2) is 5.97. The number of fused-ring (bicyclic) bond motifs is 1. The number of nitrogens with one attached hydrogen (secondary N) is 1. The van der Waals surface area contributed by atoms with Gasteiger partial charge in [0.2, 0.25) is 0 Å². The first kappa shape index (κ1) is 14.7. The van der Waals surface area contributed by atoms with Gasteiger partial charge in [0.15, 0.2) is 5.82 Å². The lowest BCUT2D eigenvalue weighted by Gasteiger charge is -2.03. The number of thiophene rings is 1. The van der Waals surface area contributed by atoms with E-state index < -0.39 is 0 Å². The monoisotopic (exact) mass is 338 g/mol. The van der Waals surface area contributed by atoms with Gasteiger partial charge < -0.3 is 0 Å². The quantitative estimate of drug-likeness (QED) is 0.616. The van der Waals surface area contributed by atoms with Crippen molar-refractivity contribution in [3.8, 4) is 11.4 Å². The molecule has 0 aliphatic carbocycles. The zero-order valence-electron chi connectivity index (χ0n) is 12.9. The SMILES string of the molecule is Cc1csc2c(=O)n(CCc3nc(-c4ccncc4)n[nH]3)cnc12. The highest BCUT2D eigenvalue weighted by molar-refractivity contribution is 7.17. The average molecular weight is 338 g/mol. The topological polar surface area (TPSA) is 89.4 Å². The van der Waals surface area contributed by atoms with Crippen molar-refractivity contribution in [3.05, 3.63) is 58.0 Å². The Morgan fingerprint density at radius 1 is 1.29 bits per heavy atom. The molecule has 0 saturated carbocycles. The van der Waals surface area contributed by atoms with E-state index >= 15 is 0 Å². The Labute approximate surface area is 141 Å². The van der Waals surface area contributed by atoms with Gasteiger partial charge in [-0.2, -0.15) is 5.10 Å². The zero-order valence-corrected chi connectivity index (χ0v) is 13.7. The Morgan fingerprint density at radius 2 is 2.12 bits per heavy atom. The fraction of sp³-hybridized carbons (Fsp3) is 0.188. The van der Waals surface area contributed by atoms with Crippen LogP contribution in [0.1, 0.15) is 11.4 Å². The van der Waals surface area contributed by atoms with E-state index in [0.717, 1.165) is 22.5 Å². The number of hydrogen-bond acceptors (Lipinski definition) is 6. The van der Waals surface area contributed by atoms with E-state index in [1.54, 1.807) is 23.3 Å². The molecule has 0 saturated heterocycles. The summed E-state index contributed by atoms with van der Waals surface area (Å²) >= 11 is 1.44. The van der Waals surface area contributed by atoms with Crippen LogP contribution in [0.15, 0.2) is 41.0 Å². The van der Waals surface area contributed by atoms with E-state index in [4.69, 9.17) is 0 Å². The molecule has 8 heteroatoms. The number of H-pyrrole nitrogens is 1. The van der Waals surface area contributed by atoms with Crippen LogP contribution in [-0.2, 0) is 13.0 Å². The third-order valence-electron chi connectivity index (χ3n) is 3.78. The van der Waals surface area contributed by atoms with Crippen molar-refractivity contribution in [2.75, 3.05) is 0 Å². The van der Waals surface area contributed by atoms with Gasteiger partial charge in [0.05, 0.1) is 11.8 Å². The van der Waals surface area contributed by atoms with Gasteiger partial charge in [0, 0.05) is 30.9 Å². The lowest BCUT2D eigenvalue weighted by Crippen LogP contribution is -2.21. The fourth-order valence-corrected chi connectivity index (χ4v) is 3.43. The lowest BCUT2D eigenvalue weighted by molar-refractivity contribution is 0.645. The van der Waals surface area contributed by atoms with Crippen LogP contribution in [0.25, 0.3) is 21.6 Å². The van der Waals surface area contributed by atoms with Crippen LogP contribution >= 0.6 is 11.3 Å². The maximum absolute atomic E-state index is 12.5. The zero-order chi connectivity index (χ0) is 16.5. The van der Waals surface area contributed by atoms with Gasteiger partial charge in [-0.25, -0.2) is 9.97 Å². The molecule has 0 spiro atoms. The number of hydrogen-bond donors (Lipinski definition) is 1. The van der Waals surface area contributed by atoms with Gasteiger partial charge in [0.1, 0.15) is 10.5 Å². The van der Waals surface area contributed by atoms with Crippen LogP contribution in [0.5, 0.6) is 0 Å². The van der Waals surface area contributed by atoms with Crippen LogP contribution < -0.4 is 5.56 Å². The van der Waals surface area contributed by atoms with E-state index in [0.29, 0.717) is 23.5 Å². The smallest absolute Gasteiger partial charge is 0.271 e. The van der Waals surface area contributed by atoms with Crippen LogP contribution in [0.4, 0.5) is 0 Å². The summed E-state index contributed by atoms with van der Waals surface area (Å²) in [4.78, 5) is 25.3. The lowest BCUT2D eigenvalue weighted by atomic mass is 10.2. The minimum atomic E-state index is -0.00743. The van der Waals surface area contributed by atoms with E-state index in [2.05, 4.69) is 25.1 Å². The van der Waals surface area contributed by atoms with Crippen LogP contribution in [0.2, 0.25) is 0 Å². The molecule has 4 rings (SSSR count). The molecule has 4 heterocycles. The third kappa shape index (κ3) is 2.61. The highest BCUT2D eigenvalue weighted by Gasteiger charge is 2.10. The summed E-state index contributed by atoms with van der Waals surface area (Å²) in [7, 11) is 0. The molecule has 120 valence electrons. The van der Waals surface area contributed by atoms with Crippen LogP contribution in [0, 0.1) is 6.92 Å². The minimum absolute atomic E-state index is 0.00743. The predicted octanol–water partition coefficient (Wildman–Crippen LogP) is 2.19. The summed E-state index contributed by atoms with van der Waals surface area (Å²) in [6.45, 7) is 2.47. The fourth-order valence-electron chi connectivity index (χ4n) is 2.48. The van der Waals surface area contributed by atoms with Crippen LogP contribution in [0.3, 0.4) is 0 Å². The number of aromatic amines is 1. The Morgan fingerprint density at radius 3 is 2.96 bits per heavy atom. The molecule has 0 bridgehead atoms. The molecule has 0 aromatic carbocycles. The number of aryl methyl sites for hydroxylation is 3. The molecule has 4 aromatic heterocycles. The standard InChI is InChI=1S/C16H14N6OS/c1-10-8-24-14-13(10)18-9-22(16(14)23)7-4-12-19-15(21-20-12)11-2-5-17-6-3-11/h2-3,5-6,8-9H,4,7H2,1H3,(H,19,20,21). The Bertz CT molecular complexity index is 1050. The molecular weight excluding hydrogens is 324 g/mol. The van der Waals surface area contributed by atoms with E-state index in [1.165, 1.54) is 11.3 Å². The molecule has 24 heavy (non-hydrogen) atoms. The summed E-state index contributed by atoms with van der Waals surface area (Å²) in [6.07, 6.45) is 5.59. The largest absolute Gasteiger partial charge is 0.298 e. The number of pyridine rings is 1. The molecule has 1 N–H and O–H groups in total. The molecule has 0 amide bonds. The predicted molar refractivity (Wildman–Crippen MR) is 91.9 cm³/mol. The number of rotatable bonds is 4. The summed E-state index contributed by atoms with van der Waals surface area (Å²) in [5.41, 5.74) is 2.73. The molecule has 0 aliphatic rings. The average Bonchev–Trinajstić information content (AvgIpc) is 3.23. The normalized spacial score (nSPS) is 11.2. The summed E-state index contributed by atoms with van der Waals surface area (Å²) < 4.78 is 2.32.